The molecule has 0 amide bonds. The van der Waals surface area contributed by atoms with E-state index in [0.717, 1.165) is 27.6 Å². The number of aryl methyl sites for hydroxylation is 2. The minimum Gasteiger partial charge on any atom is -0.448 e. The number of aromatic amines is 1. The van der Waals surface area contributed by atoms with E-state index in [1.165, 1.54) is 6.26 Å². The van der Waals surface area contributed by atoms with Crippen LogP contribution in [-0.2, 0) is 0 Å². The molecule has 5 heteroatoms. The molecule has 0 aliphatic carbocycles. The van der Waals surface area contributed by atoms with Crippen LogP contribution in [0, 0.1) is 13.8 Å². The quantitative estimate of drug-likeness (QED) is 0.438. The number of esters is 1. The molecule has 0 aliphatic rings. The minimum absolute atomic E-state index is 0.161. The van der Waals surface area contributed by atoms with Crippen LogP contribution in [0.15, 0.2) is 59.3 Å². The van der Waals surface area contributed by atoms with Crippen LogP contribution < -0.4 is 4.74 Å². The highest BCUT2D eigenvalue weighted by Gasteiger charge is 2.15. The average molecular weight is 332 g/mol. The maximum Gasteiger partial charge on any atom is 0.365 e. The van der Waals surface area contributed by atoms with Crippen molar-refractivity contribution in [2.75, 3.05) is 0 Å². The molecule has 25 heavy (non-hydrogen) atoms. The predicted octanol–water partition coefficient (Wildman–Crippen LogP) is 4.66. The number of hydrogen-bond donors (Lipinski definition) is 1. The summed E-state index contributed by atoms with van der Waals surface area (Å²) in [5.74, 6) is 0.403. The Morgan fingerprint density at radius 1 is 1.16 bits per heavy atom. The molecule has 4 rings (SSSR count). The Morgan fingerprint density at radius 2 is 2.00 bits per heavy atom. The van der Waals surface area contributed by atoms with Crippen molar-refractivity contribution in [1.82, 2.24) is 9.97 Å². The van der Waals surface area contributed by atoms with Gasteiger partial charge in [0.25, 0.3) is 0 Å². The number of carbonyl (C=O) groups excluding carboxylic acids is 1. The number of fused-ring (bicyclic) bond motifs is 1. The van der Waals surface area contributed by atoms with Crippen LogP contribution in [0.25, 0.3) is 22.0 Å². The fourth-order valence-corrected chi connectivity index (χ4v) is 2.80. The van der Waals surface area contributed by atoms with E-state index in [9.17, 15) is 4.79 Å². The number of nitrogens with zero attached hydrogens (tertiary/aromatic N) is 1. The van der Waals surface area contributed by atoms with Gasteiger partial charge in [0, 0.05) is 29.6 Å². The highest BCUT2D eigenvalue weighted by Crippen LogP contribution is 2.32. The molecule has 124 valence electrons. The Hall–Kier alpha value is -3.34. The molecular formula is C20H16N2O3. The van der Waals surface area contributed by atoms with E-state index in [2.05, 4.69) is 16.0 Å². The molecule has 0 atom stereocenters. The second kappa shape index (κ2) is 5.94. The summed E-state index contributed by atoms with van der Waals surface area (Å²) in [7, 11) is 0. The summed E-state index contributed by atoms with van der Waals surface area (Å²) >= 11 is 0. The first-order valence-corrected chi connectivity index (χ1v) is 7.93. The van der Waals surface area contributed by atoms with Crippen LogP contribution in [0.5, 0.6) is 5.75 Å². The molecule has 0 bridgehead atoms. The number of hydrogen-bond acceptors (Lipinski definition) is 4. The van der Waals surface area contributed by atoms with Gasteiger partial charge in [0.1, 0.15) is 12.0 Å². The standard InChI is InChI=1S/C20H16N2O3/c1-12-7-8-14(16-10-21-17-6-4-3-5-15(16)17)9-19(12)25-20(23)18-11-24-13(2)22-18/h3-11,21H,1-2H3. The summed E-state index contributed by atoms with van der Waals surface area (Å²) in [6.07, 6.45) is 3.26. The van der Waals surface area contributed by atoms with E-state index >= 15 is 0 Å². The summed E-state index contributed by atoms with van der Waals surface area (Å²) in [4.78, 5) is 19.5. The van der Waals surface area contributed by atoms with Gasteiger partial charge in [-0.2, -0.15) is 0 Å². The molecular weight excluding hydrogens is 316 g/mol. The lowest BCUT2D eigenvalue weighted by molar-refractivity contribution is 0.0727. The van der Waals surface area contributed by atoms with E-state index in [1.54, 1.807) is 6.92 Å². The Labute approximate surface area is 144 Å². The Kier molecular flexibility index (Phi) is 3.61. The van der Waals surface area contributed by atoms with Crippen LogP contribution >= 0.6 is 0 Å². The highest BCUT2D eigenvalue weighted by atomic mass is 16.5. The molecule has 0 spiro atoms. The van der Waals surface area contributed by atoms with E-state index in [-0.39, 0.29) is 5.69 Å². The molecule has 2 heterocycles. The normalized spacial score (nSPS) is 11.0. The molecule has 1 N–H and O–H groups in total. The Bertz CT molecular complexity index is 1080. The summed E-state index contributed by atoms with van der Waals surface area (Å²) in [6.45, 7) is 3.58. The van der Waals surface area contributed by atoms with Crippen LogP contribution in [0.3, 0.4) is 0 Å². The van der Waals surface area contributed by atoms with Gasteiger partial charge in [-0.15, -0.1) is 0 Å². The maximum atomic E-state index is 12.2. The summed E-state index contributed by atoms with van der Waals surface area (Å²) in [6, 6.07) is 13.9. The van der Waals surface area contributed by atoms with Gasteiger partial charge in [-0.05, 0) is 30.2 Å². The third-order valence-electron chi connectivity index (χ3n) is 4.12. The molecule has 2 aromatic heterocycles. The third kappa shape index (κ3) is 2.80. The predicted molar refractivity (Wildman–Crippen MR) is 94.7 cm³/mol. The summed E-state index contributed by atoms with van der Waals surface area (Å²) in [5.41, 5.74) is 4.13. The third-order valence-corrected chi connectivity index (χ3v) is 4.12. The van der Waals surface area contributed by atoms with Crippen molar-refractivity contribution in [1.29, 1.82) is 0 Å². The number of H-pyrrole nitrogens is 1. The number of para-hydroxylation sites is 1. The van der Waals surface area contributed by atoms with Crippen molar-refractivity contribution < 1.29 is 13.9 Å². The zero-order valence-electron chi connectivity index (χ0n) is 13.9. The monoisotopic (exact) mass is 332 g/mol. The fraction of sp³-hybridized carbons (Fsp3) is 0.100. The lowest BCUT2D eigenvalue weighted by Gasteiger charge is -2.08. The van der Waals surface area contributed by atoms with Crippen molar-refractivity contribution in [2.24, 2.45) is 0 Å². The Morgan fingerprint density at radius 3 is 2.80 bits per heavy atom. The smallest absolute Gasteiger partial charge is 0.365 e. The van der Waals surface area contributed by atoms with Crippen molar-refractivity contribution in [2.45, 2.75) is 13.8 Å². The average Bonchev–Trinajstić information content (AvgIpc) is 3.23. The number of ether oxygens (including phenoxy) is 1. The van der Waals surface area contributed by atoms with Gasteiger partial charge in [0.2, 0.25) is 0 Å². The van der Waals surface area contributed by atoms with Gasteiger partial charge >= 0.3 is 5.97 Å². The topological polar surface area (TPSA) is 68.1 Å². The lowest BCUT2D eigenvalue weighted by atomic mass is 10.0. The molecule has 0 fully saturated rings. The van der Waals surface area contributed by atoms with Crippen molar-refractivity contribution in [3.8, 4) is 16.9 Å². The van der Waals surface area contributed by atoms with Gasteiger partial charge in [-0.3, -0.25) is 0 Å². The van der Waals surface area contributed by atoms with Crippen LogP contribution in [0.2, 0.25) is 0 Å². The lowest BCUT2D eigenvalue weighted by Crippen LogP contribution is -2.09. The maximum absolute atomic E-state index is 12.2. The number of carbonyl (C=O) groups is 1. The first kappa shape index (κ1) is 15.2. The van der Waals surface area contributed by atoms with Crippen molar-refractivity contribution >= 4 is 16.9 Å². The zero-order valence-corrected chi connectivity index (χ0v) is 13.9. The second-order valence-electron chi connectivity index (χ2n) is 5.87. The van der Waals surface area contributed by atoms with Gasteiger partial charge in [0.15, 0.2) is 11.6 Å². The molecule has 4 aromatic rings. The van der Waals surface area contributed by atoms with Crippen LogP contribution in [0.4, 0.5) is 0 Å². The van der Waals surface area contributed by atoms with Gasteiger partial charge in [0.05, 0.1) is 0 Å². The first-order valence-electron chi connectivity index (χ1n) is 7.93. The number of oxazole rings is 1. The molecule has 0 radical (unpaired) electrons. The molecule has 2 aromatic carbocycles. The van der Waals surface area contributed by atoms with E-state index in [1.807, 2.05) is 49.5 Å². The van der Waals surface area contributed by atoms with Crippen LogP contribution in [-0.4, -0.2) is 15.9 Å². The minimum atomic E-state index is -0.531. The summed E-state index contributed by atoms with van der Waals surface area (Å²) < 4.78 is 10.6. The number of aromatic nitrogens is 2. The summed E-state index contributed by atoms with van der Waals surface area (Å²) in [5, 5.41) is 1.12. The number of rotatable bonds is 3. The van der Waals surface area contributed by atoms with Crippen LogP contribution in [0.1, 0.15) is 21.9 Å². The molecule has 0 saturated carbocycles. The Balaban J connectivity index is 1.70. The second-order valence-corrected chi connectivity index (χ2v) is 5.87. The fourth-order valence-electron chi connectivity index (χ4n) is 2.80. The number of nitrogens with one attached hydrogen (secondary N) is 1. The largest absolute Gasteiger partial charge is 0.448 e. The van der Waals surface area contributed by atoms with Crippen molar-refractivity contribution in [3.63, 3.8) is 0 Å². The first-order chi connectivity index (χ1) is 12.1. The van der Waals surface area contributed by atoms with Gasteiger partial charge in [-0.1, -0.05) is 30.3 Å². The van der Waals surface area contributed by atoms with E-state index < -0.39 is 5.97 Å². The molecule has 0 unspecified atom stereocenters. The zero-order chi connectivity index (χ0) is 17.4. The van der Waals surface area contributed by atoms with E-state index in [4.69, 9.17) is 9.15 Å². The van der Waals surface area contributed by atoms with Crippen molar-refractivity contribution in [3.05, 3.63) is 72.1 Å². The van der Waals surface area contributed by atoms with Gasteiger partial charge < -0.3 is 14.1 Å². The highest BCUT2D eigenvalue weighted by molar-refractivity contribution is 5.96. The van der Waals surface area contributed by atoms with Gasteiger partial charge in [-0.25, -0.2) is 9.78 Å². The van der Waals surface area contributed by atoms with E-state index in [0.29, 0.717) is 11.6 Å². The molecule has 5 nitrogen and oxygen atoms in total. The molecule has 0 aliphatic heterocycles. The molecule has 0 saturated heterocycles. The number of benzene rings is 2. The SMILES string of the molecule is Cc1nc(C(=O)Oc2cc(-c3c[nH]c4ccccc34)ccc2C)co1.